The Morgan fingerprint density at radius 1 is 1.14 bits per heavy atom. The molecule has 1 aliphatic rings. The molecule has 0 saturated heterocycles. The van der Waals surface area contributed by atoms with Gasteiger partial charge in [0.15, 0.2) is 11.5 Å². The van der Waals surface area contributed by atoms with Gasteiger partial charge in [0, 0.05) is 26.9 Å². The van der Waals surface area contributed by atoms with Crippen LogP contribution in [0.25, 0.3) is 11.6 Å². The first-order valence-electron chi connectivity index (χ1n) is 6.68. The van der Waals surface area contributed by atoms with Crippen LogP contribution in [0, 0.1) is 0 Å². The lowest BCUT2D eigenvalue weighted by Gasteiger charge is -2.10. The second-order valence-corrected chi connectivity index (χ2v) is 5.70. The molecular weight excluding hydrogens is 346 g/mol. The summed E-state index contributed by atoms with van der Waals surface area (Å²) in [6.07, 6.45) is 1.81. The van der Waals surface area contributed by atoms with Crippen LogP contribution >= 0.6 is 15.9 Å². The lowest BCUT2D eigenvalue weighted by Crippen LogP contribution is -2.03. The van der Waals surface area contributed by atoms with Gasteiger partial charge in [-0.25, -0.2) is 0 Å². The van der Waals surface area contributed by atoms with Crippen molar-refractivity contribution in [1.82, 2.24) is 0 Å². The summed E-state index contributed by atoms with van der Waals surface area (Å²) in [7, 11) is 3.17. The number of methoxy groups -OCH3 is 2. The van der Waals surface area contributed by atoms with Crippen molar-refractivity contribution in [3.63, 3.8) is 0 Å². The van der Waals surface area contributed by atoms with Gasteiger partial charge < -0.3 is 14.8 Å². The van der Waals surface area contributed by atoms with Crippen molar-refractivity contribution in [3.05, 3.63) is 52.0 Å². The Hall–Kier alpha value is -2.27. The van der Waals surface area contributed by atoms with E-state index in [1.807, 2.05) is 42.5 Å². The van der Waals surface area contributed by atoms with E-state index in [1.54, 1.807) is 14.2 Å². The van der Waals surface area contributed by atoms with E-state index in [-0.39, 0.29) is 5.91 Å². The Balaban J connectivity index is 2.14. The van der Waals surface area contributed by atoms with Crippen molar-refractivity contribution in [3.8, 4) is 11.5 Å². The standard InChI is InChI=1S/C17H14BrNO3/c1-21-15-5-3-4-10(16(15)22-2)8-13-12-9-11(18)6-7-14(12)19-17(13)20/h3-9H,1-2H3,(H,19,20). The molecule has 4 nitrogen and oxygen atoms in total. The van der Waals surface area contributed by atoms with Crippen molar-refractivity contribution in [2.24, 2.45) is 0 Å². The molecule has 0 radical (unpaired) electrons. The number of hydrogen-bond acceptors (Lipinski definition) is 3. The molecule has 1 aliphatic heterocycles. The second-order valence-electron chi connectivity index (χ2n) is 4.78. The summed E-state index contributed by atoms with van der Waals surface area (Å²) in [5.74, 6) is 1.11. The maximum absolute atomic E-state index is 12.2. The fourth-order valence-corrected chi connectivity index (χ4v) is 2.85. The number of anilines is 1. The van der Waals surface area contributed by atoms with Crippen LogP contribution in [-0.4, -0.2) is 20.1 Å². The van der Waals surface area contributed by atoms with Crippen molar-refractivity contribution >= 4 is 39.2 Å². The first-order chi connectivity index (χ1) is 10.6. The Morgan fingerprint density at radius 3 is 2.68 bits per heavy atom. The molecule has 0 atom stereocenters. The highest BCUT2D eigenvalue weighted by Gasteiger charge is 2.24. The number of nitrogens with one attached hydrogen (secondary N) is 1. The smallest absolute Gasteiger partial charge is 0.256 e. The van der Waals surface area contributed by atoms with E-state index in [9.17, 15) is 4.79 Å². The highest BCUT2D eigenvalue weighted by Crippen LogP contribution is 2.38. The third-order valence-corrected chi connectivity index (χ3v) is 3.99. The summed E-state index contributed by atoms with van der Waals surface area (Å²) in [6.45, 7) is 0. The third-order valence-electron chi connectivity index (χ3n) is 3.50. The zero-order valence-electron chi connectivity index (χ0n) is 12.1. The predicted molar refractivity (Wildman–Crippen MR) is 90.2 cm³/mol. The Bertz CT molecular complexity index is 783. The SMILES string of the molecule is COc1cccc(C=C2C(=O)Nc3ccc(Br)cc32)c1OC. The fourth-order valence-electron chi connectivity index (χ4n) is 2.48. The van der Waals surface area contributed by atoms with E-state index in [0.717, 1.165) is 21.3 Å². The molecule has 0 saturated carbocycles. The minimum atomic E-state index is -0.127. The van der Waals surface area contributed by atoms with Crippen molar-refractivity contribution in [1.29, 1.82) is 0 Å². The second kappa shape index (κ2) is 5.85. The highest BCUT2D eigenvalue weighted by atomic mass is 79.9. The minimum Gasteiger partial charge on any atom is -0.493 e. The molecule has 1 amide bonds. The van der Waals surface area contributed by atoms with Gasteiger partial charge in [-0.15, -0.1) is 0 Å². The van der Waals surface area contributed by atoms with E-state index in [0.29, 0.717) is 17.1 Å². The van der Waals surface area contributed by atoms with Crippen molar-refractivity contribution in [2.45, 2.75) is 0 Å². The van der Waals surface area contributed by atoms with Crippen LogP contribution < -0.4 is 14.8 Å². The van der Waals surface area contributed by atoms with Crippen LogP contribution in [0.5, 0.6) is 11.5 Å². The number of benzene rings is 2. The number of halogens is 1. The number of amides is 1. The number of hydrogen-bond donors (Lipinski definition) is 1. The number of carbonyl (C=O) groups is 1. The predicted octanol–water partition coefficient (Wildman–Crippen LogP) is 3.96. The van der Waals surface area contributed by atoms with Crippen molar-refractivity contribution in [2.75, 3.05) is 19.5 Å². The molecule has 3 rings (SSSR count). The third kappa shape index (κ3) is 2.48. The minimum absolute atomic E-state index is 0.127. The van der Waals surface area contributed by atoms with E-state index >= 15 is 0 Å². The van der Waals surface area contributed by atoms with Crippen LogP contribution in [0.2, 0.25) is 0 Å². The molecule has 0 fully saturated rings. The van der Waals surface area contributed by atoms with E-state index < -0.39 is 0 Å². The fraction of sp³-hybridized carbons (Fsp3) is 0.118. The van der Waals surface area contributed by atoms with Gasteiger partial charge in [0.25, 0.3) is 5.91 Å². The Labute approximate surface area is 136 Å². The molecule has 0 aliphatic carbocycles. The molecular formula is C17H14BrNO3. The van der Waals surface area contributed by atoms with Gasteiger partial charge in [0.2, 0.25) is 0 Å². The molecule has 0 aromatic heterocycles. The van der Waals surface area contributed by atoms with Gasteiger partial charge in [-0.3, -0.25) is 4.79 Å². The molecule has 112 valence electrons. The number of rotatable bonds is 3. The average molecular weight is 360 g/mol. The first kappa shape index (κ1) is 14.7. The highest BCUT2D eigenvalue weighted by molar-refractivity contribution is 9.10. The van der Waals surface area contributed by atoms with E-state index in [2.05, 4.69) is 21.2 Å². The zero-order valence-corrected chi connectivity index (χ0v) is 13.7. The van der Waals surface area contributed by atoms with Gasteiger partial charge in [0.05, 0.1) is 14.2 Å². The molecule has 0 bridgehead atoms. The topological polar surface area (TPSA) is 47.6 Å². The molecule has 2 aromatic rings. The normalized spacial score (nSPS) is 14.7. The largest absolute Gasteiger partial charge is 0.493 e. The van der Waals surface area contributed by atoms with E-state index in [4.69, 9.17) is 9.47 Å². The van der Waals surface area contributed by atoms with Crippen LogP contribution in [-0.2, 0) is 4.79 Å². The summed E-state index contributed by atoms with van der Waals surface area (Å²) >= 11 is 3.44. The summed E-state index contributed by atoms with van der Waals surface area (Å²) in [6, 6.07) is 11.3. The molecule has 1 N–H and O–H groups in total. The van der Waals surface area contributed by atoms with Crippen molar-refractivity contribution < 1.29 is 14.3 Å². The van der Waals surface area contributed by atoms with Gasteiger partial charge in [0.1, 0.15) is 0 Å². The maximum atomic E-state index is 12.2. The number of fused-ring (bicyclic) bond motifs is 1. The number of carbonyl (C=O) groups excluding carboxylic acids is 1. The summed E-state index contributed by atoms with van der Waals surface area (Å²) in [5, 5.41) is 2.86. The molecule has 22 heavy (non-hydrogen) atoms. The lowest BCUT2D eigenvalue weighted by molar-refractivity contribution is -0.110. The zero-order chi connectivity index (χ0) is 15.7. The molecule has 5 heteroatoms. The quantitative estimate of drug-likeness (QED) is 0.843. The molecule has 0 spiro atoms. The molecule has 1 heterocycles. The Kier molecular flexibility index (Phi) is 3.90. The maximum Gasteiger partial charge on any atom is 0.256 e. The van der Waals surface area contributed by atoms with Gasteiger partial charge >= 0.3 is 0 Å². The summed E-state index contributed by atoms with van der Waals surface area (Å²) in [5.41, 5.74) is 3.06. The lowest BCUT2D eigenvalue weighted by atomic mass is 10.0. The average Bonchev–Trinajstić information content (AvgIpc) is 2.82. The van der Waals surface area contributed by atoms with Gasteiger partial charge in [-0.2, -0.15) is 0 Å². The summed E-state index contributed by atoms with van der Waals surface area (Å²) < 4.78 is 11.6. The van der Waals surface area contributed by atoms with Crippen LogP contribution in [0.1, 0.15) is 11.1 Å². The van der Waals surface area contributed by atoms with Gasteiger partial charge in [-0.05, 0) is 30.3 Å². The molecule has 2 aromatic carbocycles. The monoisotopic (exact) mass is 359 g/mol. The van der Waals surface area contributed by atoms with Crippen LogP contribution in [0.4, 0.5) is 5.69 Å². The number of para-hydroxylation sites is 1. The Morgan fingerprint density at radius 2 is 1.95 bits per heavy atom. The molecule has 0 unspecified atom stereocenters. The van der Waals surface area contributed by atoms with Crippen LogP contribution in [0.3, 0.4) is 0 Å². The summed E-state index contributed by atoms with van der Waals surface area (Å²) in [4.78, 5) is 12.2. The van der Waals surface area contributed by atoms with Gasteiger partial charge in [-0.1, -0.05) is 28.1 Å². The first-order valence-corrected chi connectivity index (χ1v) is 7.47. The number of ether oxygens (including phenoxy) is 2. The van der Waals surface area contributed by atoms with Crippen LogP contribution in [0.15, 0.2) is 40.9 Å². The van der Waals surface area contributed by atoms with E-state index in [1.165, 1.54) is 0 Å².